The second-order valence-electron chi connectivity index (χ2n) is 4.79. The Bertz CT molecular complexity index is 851. The molecule has 2 aromatic rings. The van der Waals surface area contributed by atoms with Gasteiger partial charge in [-0.2, -0.15) is 0 Å². The molecule has 0 amide bonds. The van der Waals surface area contributed by atoms with Crippen molar-refractivity contribution in [2.24, 2.45) is 0 Å². The number of methoxy groups -OCH3 is 2. The Morgan fingerprint density at radius 2 is 1.80 bits per heavy atom. The average Bonchev–Trinajstić information content (AvgIpc) is 2.60. The third-order valence-corrected chi connectivity index (χ3v) is 4.81. The van der Waals surface area contributed by atoms with Crippen molar-refractivity contribution in [3.8, 4) is 11.5 Å². The SMILES string of the molecule is COC(=O)COc1ccc(S(=O)(=O)Nc2ccc(OC)c(Cl)c2)cc1. The fourth-order valence-corrected chi connectivity index (χ4v) is 3.17. The zero-order chi connectivity index (χ0) is 18.4. The van der Waals surface area contributed by atoms with E-state index in [4.69, 9.17) is 21.1 Å². The summed E-state index contributed by atoms with van der Waals surface area (Å²) in [5, 5.41) is 0.286. The van der Waals surface area contributed by atoms with Gasteiger partial charge >= 0.3 is 5.97 Å². The number of carbonyl (C=O) groups excluding carboxylic acids is 1. The first-order chi connectivity index (χ1) is 11.9. The number of esters is 1. The van der Waals surface area contributed by atoms with Crippen molar-refractivity contribution in [2.45, 2.75) is 4.90 Å². The molecule has 25 heavy (non-hydrogen) atoms. The van der Waals surface area contributed by atoms with E-state index in [2.05, 4.69) is 9.46 Å². The molecule has 2 rings (SSSR count). The monoisotopic (exact) mass is 385 g/mol. The Kier molecular flexibility index (Phi) is 6.11. The predicted octanol–water partition coefficient (Wildman–Crippen LogP) is 2.70. The summed E-state index contributed by atoms with van der Waals surface area (Å²) in [6, 6.07) is 10.2. The lowest BCUT2D eigenvalue weighted by Crippen LogP contribution is -2.14. The van der Waals surface area contributed by atoms with Gasteiger partial charge in [0.25, 0.3) is 10.0 Å². The number of hydrogen-bond acceptors (Lipinski definition) is 6. The van der Waals surface area contributed by atoms with E-state index in [-0.39, 0.29) is 16.5 Å². The molecule has 0 bridgehead atoms. The molecule has 9 heteroatoms. The maximum Gasteiger partial charge on any atom is 0.343 e. The topological polar surface area (TPSA) is 90.9 Å². The highest BCUT2D eigenvalue weighted by Gasteiger charge is 2.15. The van der Waals surface area contributed by atoms with Crippen LogP contribution in [-0.2, 0) is 19.6 Å². The summed E-state index contributed by atoms with van der Waals surface area (Å²) >= 11 is 5.98. The Morgan fingerprint density at radius 3 is 2.36 bits per heavy atom. The number of carbonyl (C=O) groups is 1. The molecule has 0 radical (unpaired) electrons. The maximum absolute atomic E-state index is 12.4. The predicted molar refractivity (Wildman–Crippen MR) is 92.8 cm³/mol. The normalized spacial score (nSPS) is 10.8. The molecule has 2 aromatic carbocycles. The van der Waals surface area contributed by atoms with Crippen LogP contribution in [0.5, 0.6) is 11.5 Å². The van der Waals surface area contributed by atoms with Crippen molar-refractivity contribution in [2.75, 3.05) is 25.5 Å². The number of sulfonamides is 1. The maximum atomic E-state index is 12.4. The van der Waals surface area contributed by atoms with Gasteiger partial charge in [0, 0.05) is 0 Å². The fourth-order valence-electron chi connectivity index (χ4n) is 1.86. The standard InChI is InChI=1S/C16H16ClNO6S/c1-22-15-8-3-11(9-14(15)17)18-25(20,21)13-6-4-12(5-7-13)24-10-16(19)23-2/h3-9,18H,10H2,1-2H3. The number of benzene rings is 2. The zero-order valence-electron chi connectivity index (χ0n) is 13.5. The number of halogens is 1. The second kappa shape index (κ2) is 8.09. The number of hydrogen-bond donors (Lipinski definition) is 1. The first-order valence-electron chi connectivity index (χ1n) is 7.02. The van der Waals surface area contributed by atoms with Gasteiger partial charge in [-0.05, 0) is 42.5 Å². The molecular formula is C16H16ClNO6S. The van der Waals surface area contributed by atoms with E-state index in [1.54, 1.807) is 6.07 Å². The summed E-state index contributed by atoms with van der Waals surface area (Å²) < 4.78 is 41.8. The lowest BCUT2D eigenvalue weighted by molar-refractivity contribution is -0.142. The van der Waals surface area contributed by atoms with Gasteiger partial charge in [0.1, 0.15) is 11.5 Å². The number of nitrogens with one attached hydrogen (secondary N) is 1. The molecule has 0 aromatic heterocycles. The van der Waals surface area contributed by atoms with Gasteiger partial charge in [-0.1, -0.05) is 11.6 Å². The highest BCUT2D eigenvalue weighted by Crippen LogP contribution is 2.28. The van der Waals surface area contributed by atoms with Gasteiger partial charge in [-0.15, -0.1) is 0 Å². The van der Waals surface area contributed by atoms with Crippen LogP contribution in [0.1, 0.15) is 0 Å². The summed E-state index contributed by atoms with van der Waals surface area (Å²) in [5.74, 6) is 0.253. The molecule has 0 fully saturated rings. The number of ether oxygens (including phenoxy) is 3. The lowest BCUT2D eigenvalue weighted by atomic mass is 10.3. The summed E-state index contributed by atoms with van der Waals surface area (Å²) in [4.78, 5) is 11.0. The van der Waals surface area contributed by atoms with E-state index < -0.39 is 16.0 Å². The first-order valence-corrected chi connectivity index (χ1v) is 8.88. The molecule has 0 aliphatic heterocycles. The van der Waals surface area contributed by atoms with Gasteiger partial charge in [0.2, 0.25) is 0 Å². The number of anilines is 1. The van der Waals surface area contributed by atoms with Crippen LogP contribution >= 0.6 is 11.6 Å². The Hall–Kier alpha value is -2.45. The molecule has 0 unspecified atom stereocenters. The fraction of sp³-hybridized carbons (Fsp3) is 0.188. The highest BCUT2D eigenvalue weighted by molar-refractivity contribution is 7.92. The van der Waals surface area contributed by atoms with Crippen molar-refractivity contribution in [1.29, 1.82) is 0 Å². The minimum atomic E-state index is -3.80. The van der Waals surface area contributed by atoms with Crippen LogP contribution in [0.25, 0.3) is 0 Å². The molecule has 134 valence electrons. The molecule has 0 aliphatic rings. The summed E-state index contributed by atoms with van der Waals surface area (Å²) in [7, 11) is -1.08. The molecule has 7 nitrogen and oxygen atoms in total. The van der Waals surface area contributed by atoms with E-state index >= 15 is 0 Å². The van der Waals surface area contributed by atoms with E-state index in [1.807, 2.05) is 0 Å². The van der Waals surface area contributed by atoms with Crippen molar-refractivity contribution in [3.05, 3.63) is 47.5 Å². The molecule has 0 atom stereocenters. The van der Waals surface area contributed by atoms with Gasteiger partial charge in [0.15, 0.2) is 6.61 Å². The third-order valence-electron chi connectivity index (χ3n) is 3.12. The second-order valence-corrected chi connectivity index (χ2v) is 6.88. The third kappa shape index (κ3) is 5.01. The van der Waals surface area contributed by atoms with Crippen LogP contribution in [-0.4, -0.2) is 35.2 Å². The summed E-state index contributed by atoms with van der Waals surface area (Å²) in [6.07, 6.45) is 0. The summed E-state index contributed by atoms with van der Waals surface area (Å²) in [6.45, 7) is -0.259. The van der Waals surface area contributed by atoms with E-state index in [0.717, 1.165) is 0 Å². The number of rotatable bonds is 7. The Morgan fingerprint density at radius 1 is 1.12 bits per heavy atom. The Balaban J connectivity index is 2.11. The minimum Gasteiger partial charge on any atom is -0.495 e. The van der Waals surface area contributed by atoms with Crippen molar-refractivity contribution in [1.82, 2.24) is 0 Å². The van der Waals surface area contributed by atoms with Crippen LogP contribution in [0, 0.1) is 0 Å². The van der Waals surface area contributed by atoms with E-state index in [1.165, 1.54) is 50.6 Å². The largest absolute Gasteiger partial charge is 0.495 e. The van der Waals surface area contributed by atoms with Gasteiger partial charge in [-0.3, -0.25) is 4.72 Å². The summed E-state index contributed by atoms with van der Waals surface area (Å²) in [5.41, 5.74) is 0.303. The van der Waals surface area contributed by atoms with Crippen LogP contribution in [0.15, 0.2) is 47.4 Å². The van der Waals surface area contributed by atoms with E-state index in [0.29, 0.717) is 17.2 Å². The van der Waals surface area contributed by atoms with Gasteiger partial charge in [-0.25, -0.2) is 13.2 Å². The molecule has 0 saturated heterocycles. The molecule has 1 N–H and O–H groups in total. The lowest BCUT2D eigenvalue weighted by Gasteiger charge is -2.11. The van der Waals surface area contributed by atoms with Crippen molar-refractivity contribution in [3.63, 3.8) is 0 Å². The van der Waals surface area contributed by atoms with Gasteiger partial charge in [0.05, 0.1) is 29.8 Å². The molecule has 0 spiro atoms. The van der Waals surface area contributed by atoms with Gasteiger partial charge < -0.3 is 14.2 Å². The van der Waals surface area contributed by atoms with E-state index in [9.17, 15) is 13.2 Å². The van der Waals surface area contributed by atoms with Crippen molar-refractivity contribution >= 4 is 33.3 Å². The minimum absolute atomic E-state index is 0.0323. The first kappa shape index (κ1) is 18.9. The quantitative estimate of drug-likeness (QED) is 0.737. The van der Waals surface area contributed by atoms with Crippen LogP contribution < -0.4 is 14.2 Å². The van der Waals surface area contributed by atoms with Crippen LogP contribution in [0.2, 0.25) is 5.02 Å². The highest BCUT2D eigenvalue weighted by atomic mass is 35.5. The molecule has 0 aliphatic carbocycles. The van der Waals surface area contributed by atoms with Crippen LogP contribution in [0.4, 0.5) is 5.69 Å². The van der Waals surface area contributed by atoms with Crippen molar-refractivity contribution < 1.29 is 27.4 Å². The molecule has 0 heterocycles. The Labute approximate surface area is 150 Å². The van der Waals surface area contributed by atoms with Crippen LogP contribution in [0.3, 0.4) is 0 Å². The molecular weight excluding hydrogens is 370 g/mol. The molecule has 0 saturated carbocycles. The zero-order valence-corrected chi connectivity index (χ0v) is 15.1. The smallest absolute Gasteiger partial charge is 0.343 e. The average molecular weight is 386 g/mol.